The van der Waals surface area contributed by atoms with Crippen molar-refractivity contribution in [1.29, 1.82) is 0 Å². The monoisotopic (exact) mass is 182 g/mol. The zero-order chi connectivity index (χ0) is 9.26. The van der Waals surface area contributed by atoms with Crippen LogP contribution >= 0.6 is 0 Å². The SMILES string of the molecule is CCCn1nc(C=O)c2c1OCO2. The van der Waals surface area contributed by atoms with Crippen molar-refractivity contribution in [1.82, 2.24) is 9.78 Å². The van der Waals surface area contributed by atoms with E-state index in [1.165, 1.54) is 0 Å². The predicted octanol–water partition coefficient (Wildman–Crippen LogP) is 0.834. The molecule has 0 aliphatic carbocycles. The second kappa shape index (κ2) is 3.08. The van der Waals surface area contributed by atoms with Crippen LogP contribution in [0, 0.1) is 0 Å². The molecule has 0 fully saturated rings. The molecule has 0 atom stereocenters. The van der Waals surface area contributed by atoms with Gasteiger partial charge < -0.3 is 9.47 Å². The third-order valence-corrected chi connectivity index (χ3v) is 1.84. The lowest BCUT2D eigenvalue weighted by Gasteiger charge is -2.00. The van der Waals surface area contributed by atoms with Crippen molar-refractivity contribution in [2.24, 2.45) is 0 Å². The summed E-state index contributed by atoms with van der Waals surface area (Å²) in [6, 6.07) is 0. The molecular formula is C8H10N2O3. The van der Waals surface area contributed by atoms with Crippen LogP contribution in [0.2, 0.25) is 0 Å². The largest absolute Gasteiger partial charge is 0.449 e. The summed E-state index contributed by atoms with van der Waals surface area (Å²) in [5.41, 5.74) is 0.320. The minimum Gasteiger partial charge on any atom is -0.449 e. The Bertz CT molecular complexity index is 332. The first-order valence-corrected chi connectivity index (χ1v) is 4.18. The Kier molecular flexibility index (Phi) is 1.92. The summed E-state index contributed by atoms with van der Waals surface area (Å²) in [6.07, 6.45) is 1.62. The van der Waals surface area contributed by atoms with E-state index in [-0.39, 0.29) is 6.79 Å². The van der Waals surface area contributed by atoms with Gasteiger partial charge in [0, 0.05) is 6.54 Å². The van der Waals surface area contributed by atoms with E-state index >= 15 is 0 Å². The molecule has 1 aromatic heterocycles. The standard InChI is InChI=1S/C8H10N2O3/c1-2-3-10-8-7(12-5-13-8)6(4-11)9-10/h4H,2-3,5H2,1H3. The lowest BCUT2D eigenvalue weighted by molar-refractivity contribution is 0.110. The van der Waals surface area contributed by atoms with Crippen LogP contribution in [0.15, 0.2) is 0 Å². The molecule has 0 saturated carbocycles. The van der Waals surface area contributed by atoms with Gasteiger partial charge in [0.1, 0.15) is 0 Å². The van der Waals surface area contributed by atoms with Crippen molar-refractivity contribution in [3.8, 4) is 11.6 Å². The number of carbonyl (C=O) groups excluding carboxylic acids is 1. The van der Waals surface area contributed by atoms with Crippen molar-refractivity contribution in [3.63, 3.8) is 0 Å². The zero-order valence-electron chi connectivity index (χ0n) is 7.32. The molecule has 2 rings (SSSR count). The summed E-state index contributed by atoms with van der Waals surface area (Å²) in [5, 5.41) is 4.04. The minimum absolute atomic E-state index is 0.178. The summed E-state index contributed by atoms with van der Waals surface area (Å²) in [5.74, 6) is 1.05. The highest BCUT2D eigenvalue weighted by molar-refractivity contribution is 5.78. The molecular weight excluding hydrogens is 172 g/mol. The van der Waals surface area contributed by atoms with Gasteiger partial charge in [-0.15, -0.1) is 0 Å². The number of aldehydes is 1. The highest BCUT2D eigenvalue weighted by Crippen LogP contribution is 2.34. The van der Waals surface area contributed by atoms with Gasteiger partial charge in [-0.3, -0.25) is 4.79 Å². The van der Waals surface area contributed by atoms with Gasteiger partial charge in [-0.05, 0) is 6.42 Å². The van der Waals surface area contributed by atoms with E-state index in [2.05, 4.69) is 5.10 Å². The molecule has 1 aliphatic heterocycles. The van der Waals surface area contributed by atoms with E-state index in [4.69, 9.17) is 9.47 Å². The van der Waals surface area contributed by atoms with Gasteiger partial charge in [0.15, 0.2) is 12.0 Å². The van der Waals surface area contributed by atoms with Gasteiger partial charge in [0.25, 0.3) is 5.88 Å². The maximum Gasteiger partial charge on any atom is 0.259 e. The molecule has 0 amide bonds. The average Bonchev–Trinajstić information content (AvgIpc) is 2.68. The maximum absolute atomic E-state index is 10.6. The van der Waals surface area contributed by atoms with E-state index in [9.17, 15) is 4.79 Å². The molecule has 1 aromatic rings. The predicted molar refractivity (Wildman–Crippen MR) is 44.0 cm³/mol. The van der Waals surface area contributed by atoms with Crippen molar-refractivity contribution >= 4 is 6.29 Å². The van der Waals surface area contributed by atoms with E-state index in [1.807, 2.05) is 6.92 Å². The Morgan fingerprint density at radius 2 is 2.46 bits per heavy atom. The van der Waals surface area contributed by atoms with Gasteiger partial charge in [-0.1, -0.05) is 6.92 Å². The fourth-order valence-electron chi connectivity index (χ4n) is 1.31. The maximum atomic E-state index is 10.6. The molecule has 70 valence electrons. The van der Waals surface area contributed by atoms with E-state index in [1.54, 1.807) is 4.68 Å². The van der Waals surface area contributed by atoms with Crippen molar-refractivity contribution in [2.45, 2.75) is 19.9 Å². The molecule has 5 nitrogen and oxygen atoms in total. The third-order valence-electron chi connectivity index (χ3n) is 1.84. The smallest absolute Gasteiger partial charge is 0.259 e. The van der Waals surface area contributed by atoms with Crippen molar-refractivity contribution in [2.75, 3.05) is 6.79 Å². The number of aromatic nitrogens is 2. The van der Waals surface area contributed by atoms with Gasteiger partial charge in [0.05, 0.1) is 0 Å². The number of hydrogen-bond donors (Lipinski definition) is 0. The number of aryl methyl sites for hydroxylation is 1. The van der Waals surface area contributed by atoms with Crippen LogP contribution in [0.3, 0.4) is 0 Å². The molecule has 0 radical (unpaired) electrons. The molecule has 0 bridgehead atoms. The summed E-state index contributed by atoms with van der Waals surface area (Å²) >= 11 is 0. The molecule has 2 heterocycles. The quantitative estimate of drug-likeness (QED) is 0.650. The van der Waals surface area contributed by atoms with E-state index in [0.717, 1.165) is 13.0 Å². The second-order valence-electron chi connectivity index (χ2n) is 2.77. The average molecular weight is 182 g/mol. The fraction of sp³-hybridized carbons (Fsp3) is 0.500. The number of hydrogen-bond acceptors (Lipinski definition) is 4. The lowest BCUT2D eigenvalue weighted by Crippen LogP contribution is -2.05. The first-order chi connectivity index (χ1) is 6.36. The minimum atomic E-state index is 0.178. The van der Waals surface area contributed by atoms with Gasteiger partial charge >= 0.3 is 0 Å². The topological polar surface area (TPSA) is 53.4 Å². The molecule has 1 aliphatic rings. The summed E-state index contributed by atoms with van der Waals surface area (Å²) in [7, 11) is 0. The summed E-state index contributed by atoms with van der Waals surface area (Å²) < 4.78 is 12.0. The van der Waals surface area contributed by atoms with Gasteiger partial charge in [-0.25, -0.2) is 4.68 Å². The van der Waals surface area contributed by atoms with Crippen LogP contribution in [0.4, 0.5) is 0 Å². The Hall–Kier alpha value is -1.52. The van der Waals surface area contributed by atoms with Crippen molar-refractivity contribution in [3.05, 3.63) is 5.69 Å². The highest BCUT2D eigenvalue weighted by Gasteiger charge is 2.25. The summed E-state index contributed by atoms with van der Waals surface area (Å²) in [6.45, 7) is 2.95. The zero-order valence-corrected chi connectivity index (χ0v) is 7.32. The van der Waals surface area contributed by atoms with E-state index in [0.29, 0.717) is 23.6 Å². The Morgan fingerprint density at radius 1 is 1.62 bits per heavy atom. The number of fused-ring (bicyclic) bond motifs is 1. The number of rotatable bonds is 3. The number of carbonyl (C=O) groups is 1. The first kappa shape index (κ1) is 8.10. The molecule has 0 spiro atoms. The van der Waals surface area contributed by atoms with Crippen molar-refractivity contribution < 1.29 is 14.3 Å². The third kappa shape index (κ3) is 1.16. The van der Waals surface area contributed by atoms with Crippen LogP contribution < -0.4 is 9.47 Å². The Morgan fingerprint density at radius 3 is 3.15 bits per heavy atom. The van der Waals surface area contributed by atoms with Crippen LogP contribution in [0.5, 0.6) is 11.6 Å². The Balaban J connectivity index is 2.41. The molecule has 0 saturated heterocycles. The van der Waals surface area contributed by atoms with Crippen LogP contribution in [-0.2, 0) is 6.54 Å². The van der Waals surface area contributed by atoms with E-state index < -0.39 is 0 Å². The number of nitrogens with zero attached hydrogens (tertiary/aromatic N) is 2. The number of ether oxygens (including phenoxy) is 2. The molecule has 0 aromatic carbocycles. The normalized spacial score (nSPS) is 13.3. The molecule has 0 N–H and O–H groups in total. The van der Waals surface area contributed by atoms with Crippen LogP contribution in [0.25, 0.3) is 0 Å². The fourth-order valence-corrected chi connectivity index (χ4v) is 1.31. The van der Waals surface area contributed by atoms with Gasteiger partial charge in [-0.2, -0.15) is 5.10 Å². The summed E-state index contributed by atoms with van der Waals surface area (Å²) in [4.78, 5) is 10.6. The molecule has 0 unspecified atom stereocenters. The van der Waals surface area contributed by atoms with Gasteiger partial charge in [0.2, 0.25) is 12.5 Å². The lowest BCUT2D eigenvalue weighted by atomic mass is 10.4. The Labute approximate surface area is 75.2 Å². The second-order valence-corrected chi connectivity index (χ2v) is 2.77. The first-order valence-electron chi connectivity index (χ1n) is 4.18. The molecule has 5 heteroatoms. The van der Waals surface area contributed by atoms with Crippen LogP contribution in [-0.4, -0.2) is 22.9 Å². The molecule has 13 heavy (non-hydrogen) atoms. The highest BCUT2D eigenvalue weighted by atomic mass is 16.7. The van der Waals surface area contributed by atoms with Crippen LogP contribution in [0.1, 0.15) is 23.8 Å².